The number of para-hydroxylation sites is 2. The smallest absolute Gasteiger partial charge is 0.306 e. The molecule has 1 saturated heterocycles. The Balaban J connectivity index is 1.83. The van der Waals surface area contributed by atoms with Gasteiger partial charge in [0.15, 0.2) is 0 Å². The van der Waals surface area contributed by atoms with Gasteiger partial charge in [-0.2, -0.15) is 0 Å². The van der Waals surface area contributed by atoms with Gasteiger partial charge < -0.3 is 4.98 Å². The van der Waals surface area contributed by atoms with Gasteiger partial charge in [0.05, 0.1) is 15.6 Å². The van der Waals surface area contributed by atoms with Gasteiger partial charge in [0.2, 0.25) is 0 Å². The van der Waals surface area contributed by atoms with Crippen LogP contribution in [0.15, 0.2) is 29.1 Å². The lowest BCUT2D eigenvalue weighted by Gasteiger charge is -2.01. The summed E-state index contributed by atoms with van der Waals surface area (Å²) in [5.74, 6) is 0. The van der Waals surface area contributed by atoms with Gasteiger partial charge in [-0.3, -0.25) is 4.57 Å². The van der Waals surface area contributed by atoms with E-state index in [1.54, 1.807) is 0 Å². The second kappa shape index (κ2) is 4.22. The van der Waals surface area contributed by atoms with Crippen molar-refractivity contribution < 1.29 is 0 Å². The molecule has 5 heteroatoms. The van der Waals surface area contributed by atoms with E-state index in [9.17, 15) is 4.79 Å². The van der Waals surface area contributed by atoms with Gasteiger partial charge in [0.1, 0.15) is 0 Å². The molecule has 1 fully saturated rings. The molecule has 2 heterocycles. The molecule has 3 rings (SSSR count). The van der Waals surface area contributed by atoms with Crippen LogP contribution in [0.1, 0.15) is 12.8 Å². The molecule has 0 amide bonds. The van der Waals surface area contributed by atoms with Crippen LogP contribution in [0.25, 0.3) is 11.0 Å². The van der Waals surface area contributed by atoms with Crippen molar-refractivity contribution in [3.05, 3.63) is 34.7 Å². The Kier molecular flexibility index (Phi) is 2.73. The number of fused-ring (bicyclic) bond motifs is 1. The van der Waals surface area contributed by atoms with Gasteiger partial charge in [0.25, 0.3) is 0 Å². The summed E-state index contributed by atoms with van der Waals surface area (Å²) in [6.45, 7) is 0.820. The lowest BCUT2D eigenvalue weighted by atomic mass is 10.3. The second-order valence-electron chi connectivity index (χ2n) is 3.86. The number of nitrogens with one attached hydrogen (secondary N) is 1. The molecule has 0 unspecified atom stereocenters. The topological polar surface area (TPSA) is 37.8 Å². The summed E-state index contributed by atoms with van der Waals surface area (Å²) in [5, 5.41) is 0. The highest BCUT2D eigenvalue weighted by Crippen LogP contribution is 2.55. The number of rotatable bonds is 4. The van der Waals surface area contributed by atoms with E-state index >= 15 is 0 Å². The van der Waals surface area contributed by atoms with E-state index in [1.165, 1.54) is 6.42 Å². The number of aromatic nitrogens is 2. The van der Waals surface area contributed by atoms with Crippen LogP contribution >= 0.6 is 21.6 Å². The van der Waals surface area contributed by atoms with E-state index < -0.39 is 0 Å². The average molecular weight is 252 g/mol. The molecule has 0 atom stereocenters. The van der Waals surface area contributed by atoms with Crippen molar-refractivity contribution in [3.63, 3.8) is 0 Å². The minimum atomic E-state index is 0.0114. The normalized spacial score (nSPS) is 15.8. The minimum Gasteiger partial charge on any atom is -0.306 e. The summed E-state index contributed by atoms with van der Waals surface area (Å²) in [6.07, 6.45) is 2.27. The van der Waals surface area contributed by atoms with Crippen LogP contribution in [0.5, 0.6) is 0 Å². The van der Waals surface area contributed by atoms with E-state index in [-0.39, 0.29) is 5.69 Å². The number of hydrogen-bond acceptors (Lipinski definition) is 3. The van der Waals surface area contributed by atoms with Crippen LogP contribution in [0.3, 0.4) is 0 Å². The Morgan fingerprint density at radius 2 is 2.12 bits per heavy atom. The first-order valence-corrected chi connectivity index (χ1v) is 7.62. The summed E-state index contributed by atoms with van der Waals surface area (Å²) in [7, 11) is 3.87. The molecule has 3 nitrogen and oxygen atoms in total. The molecule has 1 aliphatic rings. The van der Waals surface area contributed by atoms with Crippen molar-refractivity contribution in [1.82, 2.24) is 9.55 Å². The van der Waals surface area contributed by atoms with Crippen molar-refractivity contribution in [3.8, 4) is 0 Å². The maximum absolute atomic E-state index is 11.7. The monoisotopic (exact) mass is 252 g/mol. The summed E-state index contributed by atoms with van der Waals surface area (Å²) in [6, 6.07) is 7.85. The fourth-order valence-corrected chi connectivity index (χ4v) is 3.30. The van der Waals surface area contributed by atoms with Gasteiger partial charge in [-0.25, -0.2) is 4.79 Å². The first-order valence-electron chi connectivity index (χ1n) is 5.34. The van der Waals surface area contributed by atoms with Crippen molar-refractivity contribution in [2.45, 2.75) is 24.0 Å². The highest BCUT2D eigenvalue weighted by Gasteiger charge is 2.23. The lowest BCUT2D eigenvalue weighted by Crippen LogP contribution is -2.16. The summed E-state index contributed by atoms with van der Waals surface area (Å²) < 4.78 is 2.62. The lowest BCUT2D eigenvalue weighted by molar-refractivity contribution is 0.628. The minimum absolute atomic E-state index is 0.0114. The van der Waals surface area contributed by atoms with Crippen LogP contribution in [-0.4, -0.2) is 14.1 Å². The van der Waals surface area contributed by atoms with Crippen LogP contribution in [0.2, 0.25) is 0 Å². The molecule has 1 aliphatic heterocycles. The molecule has 0 aliphatic carbocycles. The Labute approximate surface area is 101 Å². The molecule has 0 saturated carbocycles. The molecule has 16 heavy (non-hydrogen) atoms. The molecular weight excluding hydrogens is 240 g/mol. The molecule has 84 valence electrons. The van der Waals surface area contributed by atoms with Crippen LogP contribution in [-0.2, 0) is 6.54 Å². The number of benzene rings is 1. The van der Waals surface area contributed by atoms with Crippen molar-refractivity contribution >= 4 is 32.6 Å². The zero-order valence-electron chi connectivity index (χ0n) is 8.68. The van der Waals surface area contributed by atoms with Gasteiger partial charge in [-0.15, -0.1) is 0 Å². The SMILES string of the molecule is O=c1[nH]c2ccccc2n1CCCC1SS1. The third kappa shape index (κ3) is 2.01. The first kappa shape index (κ1) is 10.4. The fourth-order valence-electron chi connectivity index (χ4n) is 1.88. The summed E-state index contributed by atoms with van der Waals surface area (Å²) in [4.78, 5) is 14.6. The van der Waals surface area contributed by atoms with Crippen LogP contribution < -0.4 is 5.69 Å². The first-order chi connectivity index (χ1) is 7.84. The maximum Gasteiger partial charge on any atom is 0.326 e. The quantitative estimate of drug-likeness (QED) is 0.671. The van der Waals surface area contributed by atoms with E-state index in [0.717, 1.165) is 28.6 Å². The zero-order valence-corrected chi connectivity index (χ0v) is 10.3. The van der Waals surface area contributed by atoms with Gasteiger partial charge in [-0.05, 0) is 25.0 Å². The van der Waals surface area contributed by atoms with E-state index in [1.807, 2.05) is 50.4 Å². The highest BCUT2D eigenvalue weighted by molar-refractivity contribution is 8.92. The molecular formula is C11H12N2OS2. The Bertz CT molecular complexity index is 556. The molecule has 0 spiro atoms. The second-order valence-corrected chi connectivity index (χ2v) is 6.84. The van der Waals surface area contributed by atoms with Crippen molar-refractivity contribution in [2.24, 2.45) is 0 Å². The fraction of sp³-hybridized carbons (Fsp3) is 0.364. The Morgan fingerprint density at radius 1 is 1.31 bits per heavy atom. The number of aromatic amines is 1. The average Bonchev–Trinajstić information content (AvgIpc) is 3.04. The van der Waals surface area contributed by atoms with Crippen LogP contribution in [0.4, 0.5) is 0 Å². The number of hydrogen-bond donors (Lipinski definition) is 1. The highest BCUT2D eigenvalue weighted by atomic mass is 33.2. The molecule has 1 aromatic heterocycles. The maximum atomic E-state index is 11.7. The third-order valence-electron chi connectivity index (χ3n) is 2.74. The Hall–Kier alpha value is -0.810. The number of nitrogens with zero attached hydrogens (tertiary/aromatic N) is 1. The number of aryl methyl sites for hydroxylation is 1. The van der Waals surface area contributed by atoms with E-state index in [4.69, 9.17) is 0 Å². The molecule has 1 N–H and O–H groups in total. The predicted molar refractivity (Wildman–Crippen MR) is 70.8 cm³/mol. The number of imidazole rings is 1. The Morgan fingerprint density at radius 3 is 2.94 bits per heavy atom. The van der Waals surface area contributed by atoms with Crippen LogP contribution in [0, 0.1) is 0 Å². The van der Waals surface area contributed by atoms with E-state index in [0.29, 0.717) is 0 Å². The molecule has 0 bridgehead atoms. The van der Waals surface area contributed by atoms with Crippen molar-refractivity contribution in [1.29, 1.82) is 0 Å². The summed E-state index contributed by atoms with van der Waals surface area (Å²) in [5.41, 5.74) is 1.96. The standard InChI is InChI=1S/C11H12N2OS2/c14-11-12-8-4-1-2-5-9(8)13(11)7-3-6-10-15-16-10/h1-2,4-5,10H,3,6-7H2,(H,12,14). The van der Waals surface area contributed by atoms with E-state index in [2.05, 4.69) is 4.98 Å². The summed E-state index contributed by atoms with van der Waals surface area (Å²) >= 11 is 0. The molecule has 0 radical (unpaired) electrons. The number of H-pyrrole nitrogens is 1. The van der Waals surface area contributed by atoms with Gasteiger partial charge in [-0.1, -0.05) is 33.7 Å². The molecule has 1 aromatic carbocycles. The van der Waals surface area contributed by atoms with Crippen molar-refractivity contribution in [2.75, 3.05) is 0 Å². The third-order valence-corrected chi connectivity index (χ3v) is 5.07. The predicted octanol–water partition coefficient (Wildman–Crippen LogP) is 2.83. The van der Waals surface area contributed by atoms with Gasteiger partial charge >= 0.3 is 5.69 Å². The zero-order chi connectivity index (χ0) is 11.0. The van der Waals surface area contributed by atoms with Gasteiger partial charge in [0, 0.05) is 6.54 Å². The largest absolute Gasteiger partial charge is 0.326 e. The molecule has 2 aromatic rings.